The fourth-order valence-electron chi connectivity index (χ4n) is 4.54. The fourth-order valence-corrected chi connectivity index (χ4v) is 4.54. The number of fused-ring (bicyclic) bond motifs is 1. The Morgan fingerprint density at radius 1 is 1.16 bits per heavy atom. The van der Waals surface area contributed by atoms with Gasteiger partial charge in [0.15, 0.2) is 0 Å². The van der Waals surface area contributed by atoms with Crippen molar-refractivity contribution in [3.8, 4) is 5.75 Å². The summed E-state index contributed by atoms with van der Waals surface area (Å²) in [6.07, 6.45) is 4.31. The molecule has 0 radical (unpaired) electrons. The van der Waals surface area contributed by atoms with Gasteiger partial charge in [-0.2, -0.15) is 5.10 Å². The third-order valence-electron chi connectivity index (χ3n) is 6.18. The van der Waals surface area contributed by atoms with Gasteiger partial charge in [0.2, 0.25) is 5.91 Å². The number of hydrogen-bond donors (Lipinski definition) is 0. The molecule has 4 rings (SSSR count). The van der Waals surface area contributed by atoms with Crippen LogP contribution in [0.2, 0.25) is 0 Å². The lowest BCUT2D eigenvalue weighted by molar-refractivity contribution is -0.132. The molecule has 0 saturated heterocycles. The van der Waals surface area contributed by atoms with E-state index in [1.54, 1.807) is 28.0 Å². The molecule has 0 aromatic carbocycles. The predicted molar refractivity (Wildman–Crippen MR) is 115 cm³/mol. The Bertz CT molecular complexity index is 1080. The van der Waals surface area contributed by atoms with Crippen molar-refractivity contribution in [2.45, 2.75) is 65.1 Å². The highest BCUT2D eigenvalue weighted by Gasteiger charge is 2.29. The average molecular weight is 444 g/mol. The summed E-state index contributed by atoms with van der Waals surface area (Å²) in [5.74, 6) is 0.930. The minimum absolute atomic E-state index is 0.000845. The van der Waals surface area contributed by atoms with Gasteiger partial charge in [-0.15, -0.1) is 0 Å². The summed E-state index contributed by atoms with van der Waals surface area (Å²) in [5, 5.41) is 4.26. The Labute approximate surface area is 186 Å². The van der Waals surface area contributed by atoms with Gasteiger partial charge < -0.3 is 18.9 Å². The van der Waals surface area contributed by atoms with Crippen molar-refractivity contribution in [1.29, 1.82) is 0 Å². The highest BCUT2D eigenvalue weighted by molar-refractivity contribution is 5.93. The first kappa shape index (κ1) is 22.0. The lowest BCUT2D eigenvalue weighted by atomic mass is 10.1. The van der Waals surface area contributed by atoms with Crippen LogP contribution in [0.25, 0.3) is 0 Å². The van der Waals surface area contributed by atoms with Crippen LogP contribution < -0.4 is 10.3 Å². The quantitative estimate of drug-likeness (QED) is 0.640. The SMILES string of the molecule is COC(=O)c1c(OC2CCCC2)cc(=O)n2c1CCN(C(=O)Cn1nc(C)nc1C)CC2. The maximum absolute atomic E-state index is 12.9. The molecule has 1 amide bonds. The molecule has 1 saturated carbocycles. The van der Waals surface area contributed by atoms with E-state index in [1.165, 1.54) is 13.2 Å². The largest absolute Gasteiger partial charge is 0.489 e. The summed E-state index contributed by atoms with van der Waals surface area (Å²) in [6.45, 7) is 4.70. The summed E-state index contributed by atoms with van der Waals surface area (Å²) in [6, 6.07) is 1.38. The molecule has 0 spiro atoms. The smallest absolute Gasteiger partial charge is 0.343 e. The number of hydrogen-bond acceptors (Lipinski definition) is 7. The van der Waals surface area contributed by atoms with Crippen LogP contribution in [0.4, 0.5) is 0 Å². The molecule has 0 unspecified atom stereocenters. The zero-order chi connectivity index (χ0) is 22.8. The molecule has 0 bridgehead atoms. The molecule has 1 fully saturated rings. The summed E-state index contributed by atoms with van der Waals surface area (Å²) < 4.78 is 14.2. The number of pyridine rings is 1. The minimum atomic E-state index is -0.532. The lowest BCUT2D eigenvalue weighted by Gasteiger charge is -2.20. The van der Waals surface area contributed by atoms with Gasteiger partial charge >= 0.3 is 5.97 Å². The highest BCUT2D eigenvalue weighted by Crippen LogP contribution is 2.29. The minimum Gasteiger partial charge on any atom is -0.489 e. The van der Waals surface area contributed by atoms with Crippen LogP contribution in [0.3, 0.4) is 0 Å². The molecule has 2 aromatic heterocycles. The second kappa shape index (κ2) is 9.13. The lowest BCUT2D eigenvalue weighted by Crippen LogP contribution is -2.37. The van der Waals surface area contributed by atoms with Crippen molar-refractivity contribution in [3.05, 3.63) is 39.3 Å². The first-order valence-corrected chi connectivity index (χ1v) is 11.0. The molecule has 2 aromatic rings. The van der Waals surface area contributed by atoms with Gasteiger partial charge in [-0.05, 0) is 39.5 Å². The molecular formula is C22H29N5O5. The number of aromatic nitrogens is 4. The monoisotopic (exact) mass is 443 g/mol. The maximum atomic E-state index is 12.9. The molecule has 1 aliphatic heterocycles. The number of rotatable bonds is 5. The molecule has 172 valence electrons. The van der Waals surface area contributed by atoms with E-state index in [9.17, 15) is 14.4 Å². The molecule has 2 aliphatic rings. The van der Waals surface area contributed by atoms with Crippen LogP contribution in [0, 0.1) is 13.8 Å². The Morgan fingerprint density at radius 2 is 1.91 bits per heavy atom. The van der Waals surface area contributed by atoms with E-state index < -0.39 is 5.97 Å². The molecule has 3 heterocycles. The molecule has 0 N–H and O–H groups in total. The normalized spacial score (nSPS) is 16.5. The summed E-state index contributed by atoms with van der Waals surface area (Å²) in [7, 11) is 1.32. The van der Waals surface area contributed by atoms with Crippen molar-refractivity contribution in [1.82, 2.24) is 24.2 Å². The fraction of sp³-hybridized carbons (Fsp3) is 0.591. The zero-order valence-corrected chi connectivity index (χ0v) is 18.8. The number of esters is 1. The number of carbonyl (C=O) groups is 2. The van der Waals surface area contributed by atoms with Gasteiger partial charge in [-0.3, -0.25) is 9.59 Å². The predicted octanol–water partition coefficient (Wildman–Crippen LogP) is 1.25. The maximum Gasteiger partial charge on any atom is 0.343 e. The Hall–Kier alpha value is -3.17. The number of amides is 1. The second-order valence-electron chi connectivity index (χ2n) is 8.33. The topological polar surface area (TPSA) is 109 Å². The van der Waals surface area contributed by atoms with Crippen LogP contribution in [0.5, 0.6) is 5.75 Å². The van der Waals surface area contributed by atoms with Gasteiger partial charge in [-0.1, -0.05) is 0 Å². The molecule has 32 heavy (non-hydrogen) atoms. The van der Waals surface area contributed by atoms with Crippen LogP contribution in [0.1, 0.15) is 53.4 Å². The van der Waals surface area contributed by atoms with E-state index in [0.717, 1.165) is 25.7 Å². The Morgan fingerprint density at radius 3 is 2.56 bits per heavy atom. The zero-order valence-electron chi connectivity index (χ0n) is 18.8. The van der Waals surface area contributed by atoms with Crippen molar-refractivity contribution in [2.75, 3.05) is 20.2 Å². The van der Waals surface area contributed by atoms with E-state index in [4.69, 9.17) is 9.47 Å². The van der Waals surface area contributed by atoms with E-state index >= 15 is 0 Å². The van der Waals surface area contributed by atoms with Crippen LogP contribution in [-0.2, 0) is 29.0 Å². The van der Waals surface area contributed by atoms with E-state index in [2.05, 4.69) is 10.1 Å². The van der Waals surface area contributed by atoms with E-state index in [1.807, 2.05) is 0 Å². The van der Waals surface area contributed by atoms with Crippen LogP contribution in [-0.4, -0.2) is 62.4 Å². The van der Waals surface area contributed by atoms with Crippen molar-refractivity contribution in [3.63, 3.8) is 0 Å². The van der Waals surface area contributed by atoms with E-state index in [0.29, 0.717) is 43.4 Å². The van der Waals surface area contributed by atoms with Gasteiger partial charge in [0.05, 0.1) is 13.2 Å². The molecule has 1 aliphatic carbocycles. The van der Waals surface area contributed by atoms with Crippen LogP contribution in [0.15, 0.2) is 10.9 Å². The van der Waals surface area contributed by atoms with Crippen LogP contribution >= 0.6 is 0 Å². The Balaban J connectivity index is 1.59. The first-order valence-electron chi connectivity index (χ1n) is 11.0. The number of ether oxygens (including phenoxy) is 2. The van der Waals surface area contributed by atoms with Gasteiger partial charge in [0.1, 0.15) is 29.5 Å². The Kier molecular flexibility index (Phi) is 6.29. The number of carbonyl (C=O) groups excluding carboxylic acids is 2. The summed E-state index contributed by atoms with van der Waals surface area (Å²) >= 11 is 0. The van der Waals surface area contributed by atoms with E-state index in [-0.39, 0.29) is 35.4 Å². The molecular weight excluding hydrogens is 414 g/mol. The van der Waals surface area contributed by atoms with Crippen molar-refractivity contribution >= 4 is 11.9 Å². The third kappa shape index (κ3) is 4.39. The molecule has 0 atom stereocenters. The number of aryl methyl sites for hydroxylation is 2. The van der Waals surface area contributed by atoms with Gasteiger partial charge in [-0.25, -0.2) is 14.5 Å². The van der Waals surface area contributed by atoms with Crippen molar-refractivity contribution < 1.29 is 19.1 Å². The van der Waals surface area contributed by atoms with Gasteiger partial charge in [0, 0.05) is 37.8 Å². The standard InChI is InChI=1S/C22H29N5O5/c1-14-23-15(2)27(24-14)13-20(29)25-9-8-17-21(22(30)31-3)18(32-16-6-4-5-7-16)12-19(28)26(17)11-10-25/h12,16H,4-11,13H2,1-3H3. The number of nitrogens with zero attached hydrogens (tertiary/aromatic N) is 5. The first-order chi connectivity index (χ1) is 15.4. The molecule has 10 nitrogen and oxygen atoms in total. The third-order valence-corrected chi connectivity index (χ3v) is 6.18. The number of methoxy groups -OCH3 is 1. The van der Waals surface area contributed by atoms with Crippen molar-refractivity contribution in [2.24, 2.45) is 0 Å². The second-order valence-corrected chi connectivity index (χ2v) is 8.33. The summed E-state index contributed by atoms with van der Waals surface area (Å²) in [5.41, 5.74) is 0.606. The molecule has 10 heteroatoms. The average Bonchev–Trinajstić information content (AvgIpc) is 3.30. The highest BCUT2D eigenvalue weighted by atomic mass is 16.5. The summed E-state index contributed by atoms with van der Waals surface area (Å²) in [4.78, 5) is 44.4. The van der Waals surface area contributed by atoms with Gasteiger partial charge in [0.25, 0.3) is 5.56 Å².